The Morgan fingerprint density at radius 1 is 0.966 bits per heavy atom. The van der Waals surface area contributed by atoms with Crippen molar-refractivity contribution in [2.24, 2.45) is 11.5 Å². The van der Waals surface area contributed by atoms with Crippen molar-refractivity contribution in [3.63, 3.8) is 0 Å². The summed E-state index contributed by atoms with van der Waals surface area (Å²) < 4.78 is 0. The molecule has 0 aliphatic rings. The smallest absolute Gasteiger partial charge is 0.327 e. The van der Waals surface area contributed by atoms with E-state index in [2.05, 4.69) is 28.6 Å². The number of hydrogen-bond donors (Lipinski definition) is 9. The number of aliphatic hydroxyl groups excluding tert-OH is 2. The first-order chi connectivity index (χ1) is 13.4. The first kappa shape index (κ1) is 26.6. The monoisotopic (exact) mass is 437 g/mol. The lowest BCUT2D eigenvalue weighted by atomic mass is 10.1. The number of carbonyl (C=O) groups is 5. The molecule has 4 amide bonds. The number of amides is 4. The van der Waals surface area contributed by atoms with E-state index < -0.39 is 66.5 Å². The lowest BCUT2D eigenvalue weighted by Crippen LogP contribution is -2.59. The minimum atomic E-state index is -1.52. The summed E-state index contributed by atoms with van der Waals surface area (Å²) in [4.78, 5) is 58.5. The third kappa shape index (κ3) is 9.56. The van der Waals surface area contributed by atoms with Gasteiger partial charge in [0.2, 0.25) is 23.6 Å². The molecule has 5 unspecified atom stereocenters. The van der Waals surface area contributed by atoms with Gasteiger partial charge in [0.05, 0.1) is 12.7 Å². The second-order valence-corrected chi connectivity index (χ2v) is 6.52. The Kier molecular flexibility index (Phi) is 11.8. The van der Waals surface area contributed by atoms with Crippen LogP contribution in [0.3, 0.4) is 0 Å². The molecule has 0 rings (SSSR count). The standard InChI is InChI=1S/C15H27N5O8S/c1-6(22)11(17)14(26)19-8(4-21)13(25)18-7(2-3-10(16)23)12(24)20-9(5-29)15(27)28/h6-9,11,21-22,29H,2-5,17H2,1H3,(H2,16,23)(H,18,25)(H,19,26)(H,20,24)(H,27,28). The highest BCUT2D eigenvalue weighted by molar-refractivity contribution is 7.80. The fraction of sp³-hybridized carbons (Fsp3) is 0.667. The Hall–Kier alpha value is -2.42. The minimum absolute atomic E-state index is 0.232. The van der Waals surface area contributed by atoms with Crippen molar-refractivity contribution in [3.05, 3.63) is 0 Å². The molecule has 0 aliphatic carbocycles. The number of nitrogens with one attached hydrogen (secondary N) is 3. The van der Waals surface area contributed by atoms with Gasteiger partial charge in [0, 0.05) is 12.2 Å². The average Bonchev–Trinajstić information content (AvgIpc) is 2.65. The van der Waals surface area contributed by atoms with Gasteiger partial charge in [0.25, 0.3) is 0 Å². The molecule has 0 heterocycles. The largest absolute Gasteiger partial charge is 0.480 e. The molecule has 0 saturated heterocycles. The van der Waals surface area contributed by atoms with Crippen molar-refractivity contribution < 1.29 is 39.3 Å². The predicted molar refractivity (Wildman–Crippen MR) is 102 cm³/mol. The quantitative estimate of drug-likeness (QED) is 0.126. The van der Waals surface area contributed by atoms with Gasteiger partial charge in [0.1, 0.15) is 24.2 Å². The third-order valence-electron chi connectivity index (χ3n) is 3.75. The fourth-order valence-corrected chi connectivity index (χ4v) is 2.21. The zero-order valence-electron chi connectivity index (χ0n) is 15.7. The molecular formula is C15H27N5O8S. The van der Waals surface area contributed by atoms with E-state index in [1.54, 1.807) is 0 Å². The summed E-state index contributed by atoms with van der Waals surface area (Å²) in [5.74, 6) is -5.21. The molecule has 5 atom stereocenters. The van der Waals surface area contributed by atoms with Crippen LogP contribution in [0, 0.1) is 0 Å². The highest BCUT2D eigenvalue weighted by atomic mass is 32.1. The van der Waals surface area contributed by atoms with E-state index in [4.69, 9.17) is 16.6 Å². The predicted octanol–water partition coefficient (Wildman–Crippen LogP) is -4.58. The number of carboxylic acids is 1. The van der Waals surface area contributed by atoms with Gasteiger partial charge in [-0.2, -0.15) is 12.6 Å². The summed E-state index contributed by atoms with van der Waals surface area (Å²) in [6, 6.07) is -5.61. The molecule has 0 aromatic heterocycles. The van der Waals surface area contributed by atoms with Crippen LogP contribution in [0.4, 0.5) is 0 Å². The first-order valence-electron chi connectivity index (χ1n) is 8.52. The van der Waals surface area contributed by atoms with Gasteiger partial charge < -0.3 is 42.7 Å². The molecule has 0 saturated carbocycles. The van der Waals surface area contributed by atoms with Crippen molar-refractivity contribution >= 4 is 42.2 Å². The zero-order chi connectivity index (χ0) is 22.7. The second-order valence-electron chi connectivity index (χ2n) is 6.16. The number of thiol groups is 1. The summed E-state index contributed by atoms with van der Waals surface area (Å²) in [5.41, 5.74) is 10.5. The van der Waals surface area contributed by atoms with E-state index in [0.29, 0.717) is 0 Å². The average molecular weight is 437 g/mol. The van der Waals surface area contributed by atoms with Gasteiger partial charge in [-0.1, -0.05) is 0 Å². The van der Waals surface area contributed by atoms with E-state index >= 15 is 0 Å². The third-order valence-corrected chi connectivity index (χ3v) is 4.11. The molecule has 14 heteroatoms. The maximum atomic E-state index is 12.3. The Balaban J connectivity index is 5.24. The highest BCUT2D eigenvalue weighted by Gasteiger charge is 2.30. The SMILES string of the molecule is CC(O)C(N)C(=O)NC(CO)C(=O)NC(CCC(N)=O)C(=O)NC(CS)C(=O)O. The Labute approximate surface area is 172 Å². The van der Waals surface area contributed by atoms with Gasteiger partial charge in [-0.3, -0.25) is 19.2 Å². The number of primary amides is 1. The molecule has 0 bridgehead atoms. The van der Waals surface area contributed by atoms with Crippen LogP contribution >= 0.6 is 12.6 Å². The molecule has 13 nitrogen and oxygen atoms in total. The summed E-state index contributed by atoms with van der Waals surface area (Å²) in [5, 5.41) is 34.1. The summed E-state index contributed by atoms with van der Waals surface area (Å²) in [6.07, 6.45) is -1.79. The summed E-state index contributed by atoms with van der Waals surface area (Å²) in [6.45, 7) is 0.394. The number of carboxylic acid groups (broad SMARTS) is 1. The lowest BCUT2D eigenvalue weighted by Gasteiger charge is -2.24. The van der Waals surface area contributed by atoms with Crippen molar-refractivity contribution in [2.45, 2.75) is 50.0 Å². The van der Waals surface area contributed by atoms with Crippen molar-refractivity contribution in [1.82, 2.24) is 16.0 Å². The van der Waals surface area contributed by atoms with Crippen LogP contribution in [0.25, 0.3) is 0 Å². The summed E-state index contributed by atoms with van der Waals surface area (Å²) >= 11 is 3.80. The molecule has 10 N–H and O–H groups in total. The number of carbonyl (C=O) groups excluding carboxylic acids is 4. The van der Waals surface area contributed by atoms with E-state index in [1.807, 2.05) is 0 Å². The van der Waals surface area contributed by atoms with E-state index in [0.717, 1.165) is 0 Å². The highest BCUT2D eigenvalue weighted by Crippen LogP contribution is 2.01. The van der Waals surface area contributed by atoms with Gasteiger partial charge >= 0.3 is 5.97 Å². The number of rotatable bonds is 13. The normalized spacial score (nSPS) is 15.9. The van der Waals surface area contributed by atoms with Crippen LogP contribution in [0.15, 0.2) is 0 Å². The molecule has 0 aliphatic heterocycles. The van der Waals surface area contributed by atoms with Crippen LogP contribution < -0.4 is 27.4 Å². The maximum Gasteiger partial charge on any atom is 0.327 e. The zero-order valence-corrected chi connectivity index (χ0v) is 16.6. The Morgan fingerprint density at radius 2 is 1.45 bits per heavy atom. The second kappa shape index (κ2) is 12.9. The summed E-state index contributed by atoms with van der Waals surface area (Å²) in [7, 11) is 0. The molecule has 0 spiro atoms. The maximum absolute atomic E-state index is 12.3. The number of aliphatic carboxylic acids is 1. The van der Waals surface area contributed by atoms with Crippen molar-refractivity contribution in [3.8, 4) is 0 Å². The number of hydrogen-bond acceptors (Lipinski definition) is 9. The molecule has 0 aromatic carbocycles. The molecule has 0 fully saturated rings. The Morgan fingerprint density at radius 3 is 1.86 bits per heavy atom. The molecule has 0 radical (unpaired) electrons. The van der Waals surface area contributed by atoms with Crippen LogP contribution in [0.5, 0.6) is 0 Å². The van der Waals surface area contributed by atoms with E-state index in [9.17, 15) is 34.2 Å². The molecule has 166 valence electrons. The van der Waals surface area contributed by atoms with Gasteiger partial charge in [0.15, 0.2) is 0 Å². The number of nitrogens with two attached hydrogens (primary N) is 2. The lowest BCUT2D eigenvalue weighted by molar-refractivity contribution is -0.141. The number of aliphatic hydroxyl groups is 2. The van der Waals surface area contributed by atoms with Crippen molar-refractivity contribution in [1.29, 1.82) is 0 Å². The first-order valence-corrected chi connectivity index (χ1v) is 9.15. The van der Waals surface area contributed by atoms with Crippen LogP contribution in [-0.4, -0.2) is 87.5 Å². The molecule has 0 aromatic rings. The molecular weight excluding hydrogens is 410 g/mol. The van der Waals surface area contributed by atoms with Crippen LogP contribution in [-0.2, 0) is 24.0 Å². The van der Waals surface area contributed by atoms with E-state index in [-0.39, 0.29) is 18.6 Å². The Bertz CT molecular complexity index is 618. The van der Waals surface area contributed by atoms with Crippen LogP contribution in [0.2, 0.25) is 0 Å². The van der Waals surface area contributed by atoms with E-state index in [1.165, 1.54) is 6.92 Å². The molecule has 29 heavy (non-hydrogen) atoms. The van der Waals surface area contributed by atoms with Crippen molar-refractivity contribution in [2.75, 3.05) is 12.4 Å². The fourth-order valence-electron chi connectivity index (χ4n) is 1.97. The van der Waals surface area contributed by atoms with Gasteiger partial charge in [-0.15, -0.1) is 0 Å². The minimum Gasteiger partial charge on any atom is -0.480 e. The van der Waals surface area contributed by atoms with Gasteiger partial charge in [-0.25, -0.2) is 4.79 Å². The topological polar surface area (TPSA) is 234 Å². The van der Waals surface area contributed by atoms with Gasteiger partial charge in [-0.05, 0) is 13.3 Å². The van der Waals surface area contributed by atoms with Crippen LogP contribution in [0.1, 0.15) is 19.8 Å².